The Hall–Kier alpha value is -3.52. The lowest BCUT2D eigenvalue weighted by molar-refractivity contribution is 0.477. The molecule has 4 aromatic rings. The van der Waals surface area contributed by atoms with Crippen molar-refractivity contribution in [3.05, 3.63) is 66.7 Å². The number of halogens is 1. The maximum atomic E-state index is 14.8. The average Bonchev–Trinajstić information content (AvgIpc) is 3.20. The summed E-state index contributed by atoms with van der Waals surface area (Å²) in [6.45, 7) is 2.02. The number of fused-ring (bicyclic) bond motifs is 1. The molecule has 30 heavy (non-hydrogen) atoms. The van der Waals surface area contributed by atoms with E-state index in [0.29, 0.717) is 23.1 Å². The molecule has 1 aliphatic heterocycles. The van der Waals surface area contributed by atoms with E-state index in [1.807, 2.05) is 30.3 Å². The van der Waals surface area contributed by atoms with Crippen molar-refractivity contribution in [2.24, 2.45) is 0 Å². The topological polar surface area (TPSA) is 79.2 Å². The summed E-state index contributed by atoms with van der Waals surface area (Å²) in [6.07, 6.45) is 5.50. The van der Waals surface area contributed by atoms with Gasteiger partial charge >= 0.3 is 0 Å². The first-order chi connectivity index (χ1) is 14.8. The molecule has 0 amide bonds. The molecule has 7 nitrogen and oxygen atoms in total. The van der Waals surface area contributed by atoms with Gasteiger partial charge < -0.3 is 16.0 Å². The van der Waals surface area contributed by atoms with Crippen LogP contribution in [0.15, 0.2) is 60.9 Å². The van der Waals surface area contributed by atoms with Crippen molar-refractivity contribution in [1.82, 2.24) is 24.9 Å². The van der Waals surface area contributed by atoms with Crippen molar-refractivity contribution in [1.29, 1.82) is 0 Å². The number of anilines is 3. The van der Waals surface area contributed by atoms with Gasteiger partial charge in [0.1, 0.15) is 17.5 Å². The summed E-state index contributed by atoms with van der Waals surface area (Å²) in [4.78, 5) is 8.59. The van der Waals surface area contributed by atoms with Crippen molar-refractivity contribution in [3.63, 3.8) is 0 Å². The fourth-order valence-corrected chi connectivity index (χ4v) is 3.67. The first-order valence-corrected chi connectivity index (χ1v) is 10.1. The molecular weight excluding hydrogens is 381 g/mol. The monoisotopic (exact) mass is 403 g/mol. The Balaban J connectivity index is 1.42. The van der Waals surface area contributed by atoms with E-state index in [4.69, 9.17) is 5.10 Å². The van der Waals surface area contributed by atoms with Crippen molar-refractivity contribution in [2.45, 2.75) is 18.9 Å². The number of benzene rings is 1. The quantitative estimate of drug-likeness (QED) is 0.470. The summed E-state index contributed by atoms with van der Waals surface area (Å²) >= 11 is 0. The zero-order valence-corrected chi connectivity index (χ0v) is 16.3. The number of hydrogen-bond donors (Lipinski definition) is 3. The number of nitrogens with one attached hydrogen (secondary N) is 3. The van der Waals surface area contributed by atoms with Crippen LogP contribution >= 0.6 is 0 Å². The predicted octanol–water partition coefficient (Wildman–Crippen LogP) is 3.84. The molecule has 3 N–H and O–H groups in total. The zero-order chi connectivity index (χ0) is 20.3. The summed E-state index contributed by atoms with van der Waals surface area (Å²) in [5.74, 6) is 1.02. The van der Waals surface area contributed by atoms with Gasteiger partial charge in [-0.3, -0.25) is 0 Å². The Labute approximate surface area is 173 Å². The fraction of sp³-hybridized carbons (Fsp3) is 0.227. The molecule has 0 unspecified atom stereocenters. The van der Waals surface area contributed by atoms with Crippen LogP contribution in [0.5, 0.6) is 0 Å². The highest BCUT2D eigenvalue weighted by atomic mass is 19.1. The summed E-state index contributed by atoms with van der Waals surface area (Å²) < 4.78 is 16.5. The average molecular weight is 403 g/mol. The number of hydrogen-bond acceptors (Lipinski definition) is 6. The maximum absolute atomic E-state index is 14.8. The van der Waals surface area contributed by atoms with Gasteiger partial charge in [0.25, 0.3) is 0 Å². The maximum Gasteiger partial charge on any atom is 0.154 e. The highest BCUT2D eigenvalue weighted by molar-refractivity contribution is 5.68. The molecule has 152 valence electrons. The van der Waals surface area contributed by atoms with E-state index in [0.717, 1.165) is 43.1 Å². The lowest BCUT2D eigenvalue weighted by atomic mass is 10.1. The van der Waals surface area contributed by atoms with E-state index in [9.17, 15) is 4.39 Å². The molecule has 5 rings (SSSR count). The molecule has 0 spiro atoms. The van der Waals surface area contributed by atoms with Crippen molar-refractivity contribution < 1.29 is 4.39 Å². The van der Waals surface area contributed by atoms with Crippen LogP contribution in [0, 0.1) is 5.82 Å². The van der Waals surface area contributed by atoms with E-state index in [2.05, 4.69) is 25.9 Å². The van der Waals surface area contributed by atoms with Crippen LogP contribution in [0.1, 0.15) is 12.8 Å². The second-order valence-electron chi connectivity index (χ2n) is 7.34. The summed E-state index contributed by atoms with van der Waals surface area (Å²) in [5.41, 5.74) is 2.53. The van der Waals surface area contributed by atoms with Gasteiger partial charge in [-0.25, -0.2) is 18.9 Å². The Morgan fingerprint density at radius 1 is 1.00 bits per heavy atom. The van der Waals surface area contributed by atoms with Crippen LogP contribution in [0.4, 0.5) is 21.7 Å². The van der Waals surface area contributed by atoms with E-state index >= 15 is 0 Å². The number of piperidine rings is 1. The van der Waals surface area contributed by atoms with Gasteiger partial charge in [0, 0.05) is 17.8 Å². The Kier molecular flexibility index (Phi) is 4.98. The molecule has 0 bridgehead atoms. The second kappa shape index (κ2) is 8.08. The predicted molar refractivity (Wildman–Crippen MR) is 115 cm³/mol. The van der Waals surface area contributed by atoms with Gasteiger partial charge in [-0.15, -0.1) is 5.10 Å². The van der Waals surface area contributed by atoms with Crippen LogP contribution in [-0.4, -0.2) is 38.7 Å². The number of aromatic nitrogens is 4. The minimum atomic E-state index is -0.364. The lowest BCUT2D eigenvalue weighted by Gasteiger charge is -2.24. The molecular formula is C22H22FN7. The molecule has 1 fully saturated rings. The number of nitrogens with zero attached hydrogens (tertiary/aromatic N) is 4. The highest BCUT2D eigenvalue weighted by Crippen LogP contribution is 2.27. The van der Waals surface area contributed by atoms with Gasteiger partial charge in [-0.1, -0.05) is 12.1 Å². The minimum Gasteiger partial charge on any atom is -0.366 e. The third-order valence-corrected chi connectivity index (χ3v) is 5.25. The molecule has 0 radical (unpaired) electrons. The molecule has 1 saturated heterocycles. The first-order valence-electron chi connectivity index (χ1n) is 10.1. The normalized spacial score (nSPS) is 14.7. The third kappa shape index (κ3) is 3.81. The van der Waals surface area contributed by atoms with Crippen molar-refractivity contribution in [3.8, 4) is 11.3 Å². The van der Waals surface area contributed by atoms with Gasteiger partial charge in [-0.2, -0.15) is 0 Å². The molecule has 3 aromatic heterocycles. The van der Waals surface area contributed by atoms with Crippen LogP contribution in [0.3, 0.4) is 0 Å². The van der Waals surface area contributed by atoms with Gasteiger partial charge in [0.2, 0.25) is 0 Å². The number of imidazole rings is 1. The van der Waals surface area contributed by atoms with E-state index in [-0.39, 0.29) is 5.82 Å². The first kappa shape index (κ1) is 18.5. The Morgan fingerprint density at radius 2 is 1.90 bits per heavy atom. The van der Waals surface area contributed by atoms with E-state index in [1.54, 1.807) is 29.0 Å². The van der Waals surface area contributed by atoms with Crippen LogP contribution in [-0.2, 0) is 0 Å². The van der Waals surface area contributed by atoms with Crippen LogP contribution < -0.4 is 16.0 Å². The highest BCUT2D eigenvalue weighted by Gasteiger charge is 2.15. The smallest absolute Gasteiger partial charge is 0.154 e. The van der Waals surface area contributed by atoms with Crippen LogP contribution in [0.2, 0.25) is 0 Å². The molecule has 0 saturated carbocycles. The van der Waals surface area contributed by atoms with Gasteiger partial charge in [0.15, 0.2) is 5.65 Å². The summed E-state index contributed by atoms with van der Waals surface area (Å²) in [7, 11) is 0. The van der Waals surface area contributed by atoms with Gasteiger partial charge in [0.05, 0.1) is 17.6 Å². The number of rotatable bonds is 5. The van der Waals surface area contributed by atoms with Crippen molar-refractivity contribution in [2.75, 3.05) is 23.7 Å². The molecule has 1 aromatic carbocycles. The Bertz CT molecular complexity index is 1150. The standard InChI is InChI=1S/C22H22FN7/c23-17-13-15(4-5-18(17)28-20-3-1-2-10-25-20)19-14-26-22-7-6-21(29-30(19)22)27-16-8-11-24-12-9-16/h1-7,10,13-14,16,24H,8-9,11-12H2,(H,25,28)(H,27,29). The van der Waals surface area contributed by atoms with E-state index in [1.165, 1.54) is 6.07 Å². The number of pyridine rings is 1. The lowest BCUT2D eigenvalue weighted by Crippen LogP contribution is -2.35. The zero-order valence-electron chi connectivity index (χ0n) is 16.3. The molecule has 8 heteroatoms. The van der Waals surface area contributed by atoms with Crippen molar-refractivity contribution >= 4 is 23.0 Å². The molecule has 0 atom stereocenters. The third-order valence-electron chi connectivity index (χ3n) is 5.25. The minimum absolute atomic E-state index is 0.364. The van der Waals surface area contributed by atoms with Crippen LogP contribution in [0.25, 0.3) is 16.9 Å². The molecule has 4 heterocycles. The molecule has 0 aliphatic carbocycles. The van der Waals surface area contributed by atoms with E-state index < -0.39 is 0 Å². The summed E-state index contributed by atoms with van der Waals surface area (Å²) in [6, 6.07) is 14.8. The summed E-state index contributed by atoms with van der Waals surface area (Å²) in [5, 5.41) is 14.6. The largest absolute Gasteiger partial charge is 0.366 e. The Morgan fingerprint density at radius 3 is 2.70 bits per heavy atom. The second-order valence-corrected chi connectivity index (χ2v) is 7.34. The molecule has 1 aliphatic rings. The SMILES string of the molecule is Fc1cc(-c2cnc3ccc(NC4CCNCC4)nn23)ccc1Nc1ccccn1. The van der Waals surface area contributed by atoms with Gasteiger partial charge in [-0.05, 0) is 62.3 Å². The fourth-order valence-electron chi connectivity index (χ4n) is 3.67.